The minimum atomic E-state index is -0.136. The van der Waals surface area contributed by atoms with Crippen molar-refractivity contribution in [2.24, 2.45) is 5.41 Å². The van der Waals surface area contributed by atoms with Crippen LogP contribution < -0.4 is 0 Å². The minimum Gasteiger partial charge on any atom is -0.393 e. The Morgan fingerprint density at radius 3 is 2.36 bits per heavy atom. The van der Waals surface area contributed by atoms with Gasteiger partial charge in [-0.3, -0.25) is 0 Å². The van der Waals surface area contributed by atoms with E-state index < -0.39 is 0 Å². The van der Waals surface area contributed by atoms with Gasteiger partial charge in [-0.25, -0.2) is 0 Å². The molecule has 2 fully saturated rings. The lowest BCUT2D eigenvalue weighted by atomic mass is 9.82. The van der Waals surface area contributed by atoms with Crippen molar-refractivity contribution in [1.29, 1.82) is 0 Å². The lowest BCUT2D eigenvalue weighted by Crippen LogP contribution is -2.27. The largest absolute Gasteiger partial charge is 0.393 e. The average Bonchev–Trinajstić information content (AvgIpc) is 2.46. The SMILES string of the molecule is OC1CCC2(CCCC2O)C1. The minimum absolute atomic E-state index is 0.124. The quantitative estimate of drug-likeness (QED) is 0.550. The standard InChI is InChI=1S/C9H16O2/c10-7-3-5-9(6-7)4-1-2-8(9)11/h7-8,10-11H,1-6H2. The van der Waals surface area contributed by atoms with E-state index in [1.54, 1.807) is 0 Å². The fourth-order valence-corrected chi connectivity index (χ4v) is 2.78. The third kappa shape index (κ3) is 1.09. The van der Waals surface area contributed by atoms with E-state index in [9.17, 15) is 10.2 Å². The molecular weight excluding hydrogens is 140 g/mol. The first-order valence-corrected chi connectivity index (χ1v) is 4.59. The Balaban J connectivity index is 2.10. The Morgan fingerprint density at radius 1 is 1.09 bits per heavy atom. The van der Waals surface area contributed by atoms with E-state index in [1.165, 1.54) is 0 Å². The van der Waals surface area contributed by atoms with E-state index in [0.29, 0.717) is 0 Å². The van der Waals surface area contributed by atoms with Gasteiger partial charge in [-0.15, -0.1) is 0 Å². The van der Waals surface area contributed by atoms with Crippen LogP contribution in [0.1, 0.15) is 38.5 Å². The summed E-state index contributed by atoms with van der Waals surface area (Å²) in [6, 6.07) is 0. The highest BCUT2D eigenvalue weighted by Crippen LogP contribution is 2.50. The maximum atomic E-state index is 9.69. The second kappa shape index (κ2) is 2.46. The normalized spacial score (nSPS) is 50.7. The number of hydrogen-bond donors (Lipinski definition) is 2. The van der Waals surface area contributed by atoms with Crippen molar-refractivity contribution in [3.63, 3.8) is 0 Å². The number of rotatable bonds is 0. The zero-order chi connectivity index (χ0) is 7.90. The second-order valence-corrected chi connectivity index (χ2v) is 4.17. The third-order valence-corrected chi connectivity index (χ3v) is 3.48. The van der Waals surface area contributed by atoms with E-state index in [4.69, 9.17) is 0 Å². The molecule has 3 unspecified atom stereocenters. The molecule has 2 aliphatic rings. The predicted octanol–water partition coefficient (Wildman–Crippen LogP) is 1.06. The van der Waals surface area contributed by atoms with E-state index in [-0.39, 0.29) is 17.6 Å². The van der Waals surface area contributed by atoms with Crippen molar-refractivity contribution >= 4 is 0 Å². The maximum absolute atomic E-state index is 9.69. The van der Waals surface area contributed by atoms with Crippen molar-refractivity contribution in [3.05, 3.63) is 0 Å². The van der Waals surface area contributed by atoms with E-state index in [0.717, 1.165) is 38.5 Å². The monoisotopic (exact) mass is 156 g/mol. The molecule has 2 aliphatic carbocycles. The van der Waals surface area contributed by atoms with Crippen molar-refractivity contribution in [2.75, 3.05) is 0 Å². The Bertz CT molecular complexity index is 158. The van der Waals surface area contributed by atoms with Crippen LogP contribution in [0.3, 0.4) is 0 Å². The van der Waals surface area contributed by atoms with E-state index in [2.05, 4.69) is 0 Å². The van der Waals surface area contributed by atoms with Crippen LogP contribution in [-0.2, 0) is 0 Å². The molecule has 0 bridgehead atoms. The van der Waals surface area contributed by atoms with Crippen LogP contribution in [0, 0.1) is 5.41 Å². The first-order chi connectivity index (χ1) is 5.23. The molecule has 0 radical (unpaired) electrons. The first-order valence-electron chi connectivity index (χ1n) is 4.59. The van der Waals surface area contributed by atoms with E-state index >= 15 is 0 Å². The van der Waals surface area contributed by atoms with Crippen LogP contribution in [0.5, 0.6) is 0 Å². The summed E-state index contributed by atoms with van der Waals surface area (Å²) in [4.78, 5) is 0. The van der Waals surface area contributed by atoms with Crippen LogP contribution in [0.25, 0.3) is 0 Å². The number of hydrogen-bond acceptors (Lipinski definition) is 2. The predicted molar refractivity (Wildman–Crippen MR) is 42.1 cm³/mol. The van der Waals surface area contributed by atoms with Gasteiger partial charge in [0.05, 0.1) is 12.2 Å². The molecule has 0 heterocycles. The first kappa shape index (κ1) is 7.56. The Labute approximate surface area is 67.2 Å². The third-order valence-electron chi connectivity index (χ3n) is 3.48. The summed E-state index contributed by atoms with van der Waals surface area (Å²) in [5, 5.41) is 19.0. The van der Waals surface area contributed by atoms with Crippen LogP contribution in [0.2, 0.25) is 0 Å². The van der Waals surface area contributed by atoms with Gasteiger partial charge in [-0.05, 0) is 37.5 Å². The van der Waals surface area contributed by atoms with Gasteiger partial charge in [0, 0.05) is 0 Å². The fourth-order valence-electron chi connectivity index (χ4n) is 2.78. The molecule has 0 aromatic heterocycles. The van der Waals surface area contributed by atoms with Gasteiger partial charge >= 0.3 is 0 Å². The van der Waals surface area contributed by atoms with Gasteiger partial charge in [-0.2, -0.15) is 0 Å². The molecule has 0 aromatic rings. The fraction of sp³-hybridized carbons (Fsp3) is 1.00. The molecule has 0 amide bonds. The van der Waals surface area contributed by atoms with Gasteiger partial charge in [0.25, 0.3) is 0 Å². The Kier molecular flexibility index (Phi) is 1.69. The second-order valence-electron chi connectivity index (χ2n) is 4.17. The topological polar surface area (TPSA) is 40.5 Å². The van der Waals surface area contributed by atoms with Crippen molar-refractivity contribution in [2.45, 2.75) is 50.7 Å². The lowest BCUT2D eigenvalue weighted by Gasteiger charge is -2.26. The summed E-state index contributed by atoms with van der Waals surface area (Å²) in [5.41, 5.74) is 0.124. The molecule has 0 aromatic carbocycles. The van der Waals surface area contributed by atoms with E-state index in [1.807, 2.05) is 0 Å². The summed E-state index contributed by atoms with van der Waals surface area (Å²) in [6.45, 7) is 0. The van der Waals surface area contributed by atoms with Crippen molar-refractivity contribution in [3.8, 4) is 0 Å². The zero-order valence-corrected chi connectivity index (χ0v) is 6.79. The molecule has 1 spiro atoms. The maximum Gasteiger partial charge on any atom is 0.0597 e. The summed E-state index contributed by atoms with van der Waals surface area (Å²) in [5.74, 6) is 0. The molecule has 64 valence electrons. The molecule has 2 nitrogen and oxygen atoms in total. The molecule has 11 heavy (non-hydrogen) atoms. The van der Waals surface area contributed by atoms with Gasteiger partial charge in [0.15, 0.2) is 0 Å². The molecule has 0 saturated heterocycles. The van der Waals surface area contributed by atoms with Crippen LogP contribution in [0.4, 0.5) is 0 Å². The van der Waals surface area contributed by atoms with Gasteiger partial charge in [0.2, 0.25) is 0 Å². The molecule has 2 saturated carbocycles. The Morgan fingerprint density at radius 2 is 1.91 bits per heavy atom. The van der Waals surface area contributed by atoms with Crippen LogP contribution >= 0.6 is 0 Å². The zero-order valence-electron chi connectivity index (χ0n) is 6.79. The molecule has 2 rings (SSSR count). The number of aliphatic hydroxyl groups is 2. The van der Waals surface area contributed by atoms with Gasteiger partial charge in [-0.1, -0.05) is 6.42 Å². The molecule has 0 aliphatic heterocycles. The molecular formula is C9H16O2. The Hall–Kier alpha value is -0.0800. The van der Waals surface area contributed by atoms with Gasteiger partial charge in [0.1, 0.15) is 0 Å². The molecule has 2 N–H and O–H groups in total. The lowest BCUT2D eigenvalue weighted by molar-refractivity contribution is 0.0451. The number of aliphatic hydroxyl groups excluding tert-OH is 2. The van der Waals surface area contributed by atoms with Crippen LogP contribution in [-0.4, -0.2) is 22.4 Å². The molecule has 3 atom stereocenters. The highest BCUT2D eigenvalue weighted by atomic mass is 16.3. The van der Waals surface area contributed by atoms with Crippen LogP contribution in [0.15, 0.2) is 0 Å². The summed E-state index contributed by atoms with van der Waals surface area (Å²) in [6.07, 6.45) is 5.74. The smallest absolute Gasteiger partial charge is 0.0597 e. The highest BCUT2D eigenvalue weighted by Gasteiger charge is 2.46. The summed E-state index contributed by atoms with van der Waals surface area (Å²) in [7, 11) is 0. The summed E-state index contributed by atoms with van der Waals surface area (Å²) < 4.78 is 0. The van der Waals surface area contributed by atoms with Crippen molar-refractivity contribution < 1.29 is 10.2 Å². The van der Waals surface area contributed by atoms with Crippen molar-refractivity contribution in [1.82, 2.24) is 0 Å². The van der Waals surface area contributed by atoms with Gasteiger partial charge < -0.3 is 10.2 Å². The summed E-state index contributed by atoms with van der Waals surface area (Å²) >= 11 is 0. The average molecular weight is 156 g/mol. The highest BCUT2D eigenvalue weighted by molar-refractivity contribution is 4.97. The molecule has 2 heteroatoms.